The molecule has 1 aromatic rings. The van der Waals surface area contributed by atoms with Crippen LogP contribution < -0.4 is 10.5 Å². The molecule has 0 amide bonds. The van der Waals surface area contributed by atoms with Gasteiger partial charge in [-0.1, -0.05) is 0 Å². The average Bonchev–Trinajstić information content (AvgIpc) is 2.25. The van der Waals surface area contributed by atoms with E-state index < -0.39 is 29.3 Å². The lowest BCUT2D eigenvalue weighted by Crippen LogP contribution is -2.50. The number of nitrogens with two attached hydrogens (primary N) is 1. The molecule has 0 aliphatic rings. The van der Waals surface area contributed by atoms with Crippen LogP contribution in [0.2, 0.25) is 0 Å². The number of benzene rings is 1. The summed E-state index contributed by atoms with van der Waals surface area (Å²) in [5, 5.41) is 0. The van der Waals surface area contributed by atoms with Crippen molar-refractivity contribution in [3.8, 4) is 5.75 Å². The van der Waals surface area contributed by atoms with Crippen molar-refractivity contribution in [2.24, 2.45) is 0 Å². The van der Waals surface area contributed by atoms with Crippen molar-refractivity contribution in [2.75, 3.05) is 12.8 Å². The Morgan fingerprint density at radius 3 is 1.79 bits per heavy atom. The monoisotopic (exact) mass is 291 g/mol. The molecule has 1 aromatic carbocycles. The third kappa shape index (κ3) is 2.41. The van der Waals surface area contributed by atoms with E-state index in [2.05, 4.69) is 4.74 Å². The molecule has 0 saturated carbocycles. The molecule has 2 nitrogen and oxygen atoms in total. The number of rotatable bonds is 2. The van der Waals surface area contributed by atoms with Gasteiger partial charge in [0.05, 0.1) is 7.11 Å². The number of hydrogen-bond acceptors (Lipinski definition) is 2. The molecule has 0 spiro atoms. The van der Waals surface area contributed by atoms with Crippen LogP contribution in [0.25, 0.3) is 0 Å². The molecule has 19 heavy (non-hydrogen) atoms. The standard InChI is InChI=1S/C10H8F7NO/c1-19-5-2-3-7(18)6(4-5)8(11,9(12,13)14)10(15,16)17/h2-4H,18H2,1H3. The maximum absolute atomic E-state index is 13.7. The highest BCUT2D eigenvalue weighted by Crippen LogP contribution is 2.54. The van der Waals surface area contributed by atoms with Gasteiger partial charge in [-0.3, -0.25) is 0 Å². The first-order valence-corrected chi connectivity index (χ1v) is 4.71. The van der Waals surface area contributed by atoms with Crippen molar-refractivity contribution >= 4 is 5.69 Å². The van der Waals surface area contributed by atoms with Crippen LogP contribution in [0.3, 0.4) is 0 Å². The molecule has 0 aliphatic heterocycles. The molecule has 9 heteroatoms. The second kappa shape index (κ2) is 4.46. The predicted octanol–water partition coefficient (Wildman–Crippen LogP) is 3.57. The Morgan fingerprint density at radius 2 is 1.42 bits per heavy atom. The summed E-state index contributed by atoms with van der Waals surface area (Å²) in [4.78, 5) is 0. The van der Waals surface area contributed by atoms with Crippen molar-refractivity contribution in [3.05, 3.63) is 23.8 Å². The average molecular weight is 291 g/mol. The van der Waals surface area contributed by atoms with Crippen molar-refractivity contribution in [3.63, 3.8) is 0 Å². The van der Waals surface area contributed by atoms with E-state index in [1.165, 1.54) is 0 Å². The highest BCUT2D eigenvalue weighted by atomic mass is 19.4. The molecular formula is C10H8F7NO. The van der Waals surface area contributed by atoms with Gasteiger partial charge in [-0.05, 0) is 18.2 Å². The largest absolute Gasteiger partial charge is 0.497 e. The fourth-order valence-corrected chi connectivity index (χ4v) is 1.43. The van der Waals surface area contributed by atoms with Crippen LogP contribution in [0, 0.1) is 0 Å². The first kappa shape index (κ1) is 15.4. The van der Waals surface area contributed by atoms with Gasteiger partial charge in [0.1, 0.15) is 5.75 Å². The number of ether oxygens (including phenoxy) is 1. The quantitative estimate of drug-likeness (QED) is 0.668. The SMILES string of the molecule is COc1ccc(N)c(C(F)(C(F)(F)F)C(F)(F)F)c1. The van der Waals surface area contributed by atoms with Crippen LogP contribution in [0.5, 0.6) is 5.75 Å². The molecule has 0 aliphatic carbocycles. The minimum atomic E-state index is -6.20. The molecule has 0 saturated heterocycles. The fraction of sp³-hybridized carbons (Fsp3) is 0.400. The molecule has 0 aromatic heterocycles. The summed E-state index contributed by atoms with van der Waals surface area (Å²) >= 11 is 0. The lowest BCUT2D eigenvalue weighted by Gasteiger charge is -2.31. The van der Waals surface area contributed by atoms with Crippen LogP contribution >= 0.6 is 0 Å². The summed E-state index contributed by atoms with van der Waals surface area (Å²) < 4.78 is 93.3. The van der Waals surface area contributed by atoms with Gasteiger partial charge in [0, 0.05) is 11.3 Å². The first-order chi connectivity index (χ1) is 8.45. The van der Waals surface area contributed by atoms with E-state index >= 15 is 0 Å². The molecule has 0 bridgehead atoms. The van der Waals surface area contributed by atoms with E-state index in [9.17, 15) is 30.7 Å². The van der Waals surface area contributed by atoms with Crippen LogP contribution in [0.4, 0.5) is 36.4 Å². The van der Waals surface area contributed by atoms with Crippen molar-refractivity contribution in [2.45, 2.75) is 18.0 Å². The summed E-state index contributed by atoms with van der Waals surface area (Å²) in [5.74, 6) is -0.375. The number of nitrogen functional groups attached to an aromatic ring is 1. The van der Waals surface area contributed by atoms with Gasteiger partial charge in [0.15, 0.2) is 0 Å². The van der Waals surface area contributed by atoms with Gasteiger partial charge >= 0.3 is 18.0 Å². The number of methoxy groups -OCH3 is 1. The maximum Gasteiger partial charge on any atom is 0.436 e. The summed E-state index contributed by atoms with van der Waals surface area (Å²) in [6.45, 7) is 0. The Labute approximate surface area is 103 Å². The van der Waals surface area contributed by atoms with E-state index in [-0.39, 0.29) is 11.8 Å². The first-order valence-electron chi connectivity index (χ1n) is 4.71. The normalized spacial score (nSPS) is 13.5. The lowest BCUT2D eigenvalue weighted by atomic mass is 9.92. The zero-order valence-corrected chi connectivity index (χ0v) is 9.36. The van der Waals surface area contributed by atoms with Gasteiger partial charge in [-0.25, -0.2) is 4.39 Å². The predicted molar refractivity (Wildman–Crippen MR) is 52.3 cm³/mol. The fourth-order valence-electron chi connectivity index (χ4n) is 1.43. The highest BCUT2D eigenvalue weighted by molar-refractivity contribution is 5.54. The molecule has 108 valence electrons. The third-order valence-corrected chi connectivity index (χ3v) is 2.41. The van der Waals surface area contributed by atoms with Gasteiger partial charge < -0.3 is 10.5 Å². The minimum Gasteiger partial charge on any atom is -0.497 e. The molecule has 1 rings (SSSR count). The van der Waals surface area contributed by atoms with Crippen LogP contribution in [-0.2, 0) is 5.67 Å². The highest BCUT2D eigenvalue weighted by Gasteiger charge is 2.74. The van der Waals surface area contributed by atoms with E-state index in [0.717, 1.165) is 13.2 Å². The number of anilines is 1. The van der Waals surface area contributed by atoms with E-state index in [4.69, 9.17) is 5.73 Å². The Morgan fingerprint density at radius 1 is 0.947 bits per heavy atom. The van der Waals surface area contributed by atoms with Crippen molar-refractivity contribution < 1.29 is 35.5 Å². The lowest BCUT2D eigenvalue weighted by molar-refractivity contribution is -0.348. The van der Waals surface area contributed by atoms with Crippen molar-refractivity contribution in [1.82, 2.24) is 0 Å². The van der Waals surface area contributed by atoms with Crippen LogP contribution in [0.1, 0.15) is 5.56 Å². The molecular weight excluding hydrogens is 283 g/mol. The number of hydrogen-bond donors (Lipinski definition) is 1. The van der Waals surface area contributed by atoms with Gasteiger partial charge in [0.25, 0.3) is 0 Å². The van der Waals surface area contributed by atoms with Crippen LogP contribution in [0.15, 0.2) is 18.2 Å². The van der Waals surface area contributed by atoms with Crippen molar-refractivity contribution in [1.29, 1.82) is 0 Å². The Hall–Kier alpha value is -1.67. The molecule has 0 fully saturated rings. The number of alkyl halides is 7. The second-order valence-corrected chi connectivity index (χ2v) is 3.61. The van der Waals surface area contributed by atoms with E-state index in [1.807, 2.05) is 0 Å². The molecule has 0 heterocycles. The molecule has 0 unspecified atom stereocenters. The van der Waals surface area contributed by atoms with Gasteiger partial charge in [-0.2, -0.15) is 26.3 Å². The van der Waals surface area contributed by atoms with E-state index in [1.54, 1.807) is 0 Å². The topological polar surface area (TPSA) is 35.2 Å². The third-order valence-electron chi connectivity index (χ3n) is 2.41. The number of halogens is 7. The Kier molecular flexibility index (Phi) is 3.61. The smallest absolute Gasteiger partial charge is 0.436 e. The van der Waals surface area contributed by atoms with Gasteiger partial charge in [0.2, 0.25) is 0 Å². The summed E-state index contributed by atoms with van der Waals surface area (Å²) in [6, 6.07) is 2.00. The summed E-state index contributed by atoms with van der Waals surface area (Å²) in [6.07, 6.45) is -12.4. The molecule has 2 N–H and O–H groups in total. The Bertz CT molecular complexity index is 452. The summed E-state index contributed by atoms with van der Waals surface area (Å²) in [7, 11) is 1.01. The van der Waals surface area contributed by atoms with Gasteiger partial charge in [-0.15, -0.1) is 0 Å². The second-order valence-electron chi connectivity index (χ2n) is 3.61. The maximum atomic E-state index is 13.7. The molecule has 0 radical (unpaired) electrons. The summed E-state index contributed by atoms with van der Waals surface area (Å²) in [5.41, 5.74) is -3.25. The zero-order valence-electron chi connectivity index (χ0n) is 9.36. The Balaban J connectivity index is 3.60. The van der Waals surface area contributed by atoms with E-state index in [0.29, 0.717) is 6.07 Å². The van der Waals surface area contributed by atoms with Crippen LogP contribution in [-0.4, -0.2) is 19.5 Å². The minimum absolute atomic E-state index is 0.274. The molecule has 0 atom stereocenters. The zero-order chi connectivity index (χ0) is 15.1.